The Morgan fingerprint density at radius 3 is 2.10 bits per heavy atom. The minimum absolute atomic E-state index is 0.0120. The van der Waals surface area contributed by atoms with Gasteiger partial charge in [0, 0.05) is 50.2 Å². The van der Waals surface area contributed by atoms with Crippen molar-refractivity contribution in [3.8, 4) is 5.75 Å². The first-order valence-corrected chi connectivity index (χ1v) is 28.6. The number of para-hydroxylation sites is 2. The number of benzene rings is 2. The quantitative estimate of drug-likeness (QED) is 0.0284. The number of allylic oxidation sites excluding steroid dienone is 7. The molecule has 5 rings (SSSR count). The highest BCUT2D eigenvalue weighted by Crippen LogP contribution is 2.44. The van der Waals surface area contributed by atoms with Gasteiger partial charge in [0.2, 0.25) is 23.4 Å². The molecule has 2 aromatic rings. The van der Waals surface area contributed by atoms with Gasteiger partial charge in [0.05, 0.1) is 39.9 Å². The van der Waals surface area contributed by atoms with E-state index in [0.717, 1.165) is 0 Å². The number of rotatable bonds is 24. The third-order valence-electron chi connectivity index (χ3n) is 11.8. The summed E-state index contributed by atoms with van der Waals surface area (Å²) in [5.74, 6) is -3.29. The van der Waals surface area contributed by atoms with Crippen LogP contribution in [-0.4, -0.2) is 130 Å². The van der Waals surface area contributed by atoms with Gasteiger partial charge in [-0.1, -0.05) is 36.8 Å². The normalized spacial score (nSPS) is 19.2. The third-order valence-corrected chi connectivity index (χ3v) is 15.0. The van der Waals surface area contributed by atoms with Gasteiger partial charge in [-0.3, -0.25) is 32.6 Å². The predicted octanol–water partition coefficient (Wildman–Crippen LogP) is 4.04. The smallest absolute Gasteiger partial charge is 0.305 e. The molecule has 0 aromatic heterocycles. The first-order chi connectivity index (χ1) is 32.6. The van der Waals surface area contributed by atoms with Crippen molar-refractivity contribution in [2.45, 2.75) is 82.4 Å². The Labute approximate surface area is 408 Å². The molecule has 25 heteroatoms. The Morgan fingerprint density at radius 1 is 0.786 bits per heavy atom. The molecule has 0 fully saturated rings. The van der Waals surface area contributed by atoms with Gasteiger partial charge in [-0.25, -0.2) is 0 Å². The Kier molecular flexibility index (Phi) is 18.2. The van der Waals surface area contributed by atoms with Crippen LogP contribution in [0, 0.1) is 5.41 Å². The van der Waals surface area contributed by atoms with Gasteiger partial charge in [0.1, 0.15) is 12.0 Å². The van der Waals surface area contributed by atoms with Gasteiger partial charge in [-0.15, -0.1) is 0 Å². The second kappa shape index (κ2) is 22.9. The molecule has 1 aliphatic carbocycles. The lowest BCUT2D eigenvalue weighted by atomic mass is 9.70. The summed E-state index contributed by atoms with van der Waals surface area (Å²) in [6.45, 7) is 5.10. The van der Waals surface area contributed by atoms with Gasteiger partial charge in [0.25, 0.3) is 40.5 Å². The number of fused-ring (bicyclic) bond motifs is 2. The summed E-state index contributed by atoms with van der Waals surface area (Å²) < 4.78 is 146. The lowest BCUT2D eigenvalue weighted by molar-refractivity contribution is -0.437. The van der Waals surface area contributed by atoms with Crippen LogP contribution < -0.4 is 20.3 Å². The van der Waals surface area contributed by atoms with E-state index in [1.807, 2.05) is 0 Å². The maximum Gasteiger partial charge on any atom is 0.305 e. The standard InChI is InChI=1S/C45H58N4O17S4/c1-4-65-41(50)14-6-5-9-21-46-42(51)45(43(52)47-22-27-69(59,60)61)30-32(28-33(31-45)16-20-40-49(24-11-26-68(56,57)58)37-12-7-8-13-38(37)66-40)15-19-39-44(2,3)35-29-34(70(62,63)64)17-18-36(35)48(39)23-10-25-67(53,54)55/h7-8,12-13,15-20,28-29H,4-6,9-11,14,21-27,30-31H2,1-3H3,(H5-,46,47,51,52,53,54,55,56,57,58,59,60,61,62,63,64)/p+1. The number of carbonyl (C=O) groups is 3. The molecule has 384 valence electrons. The molecular formula is C45H59N4O17S4+. The highest BCUT2D eigenvalue weighted by Gasteiger charge is 2.49. The molecule has 3 aliphatic rings. The van der Waals surface area contributed by atoms with Crippen molar-refractivity contribution >= 4 is 75.3 Å². The second-order valence-electron chi connectivity index (χ2n) is 17.5. The Morgan fingerprint density at radius 2 is 1.44 bits per heavy atom. The number of nitrogens with zero attached hydrogens (tertiary/aromatic N) is 2. The third kappa shape index (κ3) is 15.1. The summed E-state index contributed by atoms with van der Waals surface area (Å²) in [6, 6.07) is 10.9. The number of nitrogens with one attached hydrogen (secondary N) is 2. The maximum absolute atomic E-state index is 14.6. The zero-order valence-electron chi connectivity index (χ0n) is 38.9. The first kappa shape index (κ1) is 55.6. The molecule has 2 heterocycles. The fourth-order valence-electron chi connectivity index (χ4n) is 8.51. The van der Waals surface area contributed by atoms with E-state index in [1.54, 1.807) is 84.9 Å². The summed E-state index contributed by atoms with van der Waals surface area (Å²) in [7, 11) is -17.9. The number of ether oxygens (including phenoxy) is 2. The molecule has 21 nitrogen and oxygen atoms in total. The van der Waals surface area contributed by atoms with Crippen LogP contribution in [0.2, 0.25) is 0 Å². The van der Waals surface area contributed by atoms with Crippen molar-refractivity contribution < 1.29 is 80.3 Å². The Bertz CT molecular complexity index is 2960. The number of unbranched alkanes of at least 4 members (excludes halogenated alkanes) is 2. The van der Waals surface area contributed by atoms with E-state index >= 15 is 0 Å². The van der Waals surface area contributed by atoms with Crippen LogP contribution in [-0.2, 0) is 65.0 Å². The molecule has 0 radical (unpaired) electrons. The molecule has 2 aromatic carbocycles. The monoisotopic (exact) mass is 1060 g/mol. The number of amides is 2. The molecule has 2 amide bonds. The average molecular weight is 1060 g/mol. The van der Waals surface area contributed by atoms with E-state index in [0.29, 0.717) is 58.8 Å². The Balaban J connectivity index is 1.62. The lowest BCUT2D eigenvalue weighted by Gasteiger charge is -2.35. The van der Waals surface area contributed by atoms with Crippen LogP contribution in [0.5, 0.6) is 5.75 Å². The molecule has 2 aliphatic heterocycles. The summed E-state index contributed by atoms with van der Waals surface area (Å²) >= 11 is 0. The fraction of sp³-hybridized carbons (Fsp3) is 0.467. The minimum atomic E-state index is -4.65. The SMILES string of the molecule is CCOC(=O)CCCCCNC(=O)C1(C(=O)NCCS(=O)(=O)O)CC(/C=C/C2=[N+](CCCS(=O)(=O)O)c3ccc(S(=O)(=O)O)cc3C2(C)C)=CC(=C/C=C2\Oc3ccccc3N2CCCS(=O)(=O)O)/C1. The highest BCUT2D eigenvalue weighted by atomic mass is 32.2. The predicted molar refractivity (Wildman–Crippen MR) is 258 cm³/mol. The summed E-state index contributed by atoms with van der Waals surface area (Å²) in [5.41, 5.74) is -0.216. The molecule has 1 atom stereocenters. The van der Waals surface area contributed by atoms with Crippen molar-refractivity contribution in [1.29, 1.82) is 0 Å². The van der Waals surface area contributed by atoms with Crippen LogP contribution in [0.4, 0.5) is 11.4 Å². The minimum Gasteiger partial charge on any atom is -0.466 e. The first-order valence-electron chi connectivity index (χ1n) is 22.3. The van der Waals surface area contributed by atoms with Crippen LogP contribution in [0.15, 0.2) is 94.8 Å². The molecule has 70 heavy (non-hydrogen) atoms. The van der Waals surface area contributed by atoms with Crippen LogP contribution in [0.25, 0.3) is 0 Å². The fourth-order valence-corrected chi connectivity index (χ4v) is 10.4. The van der Waals surface area contributed by atoms with Gasteiger partial charge >= 0.3 is 5.97 Å². The van der Waals surface area contributed by atoms with Crippen molar-refractivity contribution in [2.75, 3.05) is 54.9 Å². The summed E-state index contributed by atoms with van der Waals surface area (Å²) in [6.07, 6.45) is 9.11. The van der Waals surface area contributed by atoms with E-state index in [9.17, 15) is 66.3 Å². The molecule has 0 saturated carbocycles. The van der Waals surface area contributed by atoms with E-state index in [-0.39, 0.29) is 75.1 Å². The van der Waals surface area contributed by atoms with E-state index < -0.39 is 86.9 Å². The second-order valence-corrected chi connectivity index (χ2v) is 23.6. The maximum atomic E-state index is 14.6. The molecule has 0 saturated heterocycles. The van der Waals surface area contributed by atoms with E-state index in [1.165, 1.54) is 18.2 Å². The number of esters is 1. The molecule has 6 N–H and O–H groups in total. The average Bonchev–Trinajstić information content (AvgIpc) is 3.71. The Hall–Kier alpha value is -5.28. The van der Waals surface area contributed by atoms with Gasteiger partial charge in [0.15, 0.2) is 11.5 Å². The van der Waals surface area contributed by atoms with Gasteiger partial charge < -0.3 is 25.0 Å². The number of hydrogen-bond acceptors (Lipinski definition) is 14. The number of hydrogen-bond donors (Lipinski definition) is 6. The molecular weight excluding hydrogens is 997 g/mol. The molecule has 0 spiro atoms. The van der Waals surface area contributed by atoms with Crippen molar-refractivity contribution in [3.63, 3.8) is 0 Å². The van der Waals surface area contributed by atoms with Crippen molar-refractivity contribution in [2.24, 2.45) is 5.41 Å². The lowest BCUT2D eigenvalue weighted by Crippen LogP contribution is -2.53. The van der Waals surface area contributed by atoms with Gasteiger partial charge in [-0.2, -0.15) is 38.2 Å². The van der Waals surface area contributed by atoms with Crippen LogP contribution in [0.1, 0.15) is 77.7 Å². The van der Waals surface area contributed by atoms with Crippen molar-refractivity contribution in [3.05, 3.63) is 95.4 Å². The van der Waals surface area contributed by atoms with E-state index in [2.05, 4.69) is 10.6 Å². The van der Waals surface area contributed by atoms with E-state index in [4.69, 9.17) is 9.47 Å². The summed E-state index contributed by atoms with van der Waals surface area (Å²) in [4.78, 5) is 42.3. The zero-order valence-corrected chi connectivity index (χ0v) is 42.1. The van der Waals surface area contributed by atoms with Crippen LogP contribution >= 0.6 is 0 Å². The van der Waals surface area contributed by atoms with Crippen molar-refractivity contribution in [1.82, 2.24) is 10.6 Å². The topological polar surface area (TPSA) is 317 Å². The highest BCUT2D eigenvalue weighted by molar-refractivity contribution is 7.86. The zero-order chi connectivity index (χ0) is 51.7. The summed E-state index contributed by atoms with van der Waals surface area (Å²) in [5, 5.41) is 5.34. The number of carbonyl (C=O) groups excluding carboxylic acids is 3. The number of anilines is 1. The van der Waals surface area contributed by atoms with Crippen LogP contribution in [0.3, 0.4) is 0 Å². The largest absolute Gasteiger partial charge is 0.466 e. The molecule has 1 unspecified atom stereocenters. The van der Waals surface area contributed by atoms with Gasteiger partial charge in [-0.05, 0) is 94.4 Å². The molecule has 0 bridgehead atoms.